The third kappa shape index (κ3) is 4.41. The van der Waals surface area contributed by atoms with Crippen LogP contribution in [0.25, 0.3) is 0 Å². The molecule has 0 fully saturated rings. The lowest BCUT2D eigenvalue weighted by atomic mass is 10.2. The van der Waals surface area contributed by atoms with Crippen molar-refractivity contribution in [3.63, 3.8) is 0 Å². The van der Waals surface area contributed by atoms with Gasteiger partial charge in [-0.25, -0.2) is 0 Å². The highest BCUT2D eigenvalue weighted by Crippen LogP contribution is 2.13. The van der Waals surface area contributed by atoms with E-state index in [1.54, 1.807) is 0 Å². The Balaban J connectivity index is 1.79. The van der Waals surface area contributed by atoms with E-state index in [1.165, 1.54) is 5.56 Å². The highest BCUT2D eigenvalue weighted by Gasteiger charge is 2.01. The van der Waals surface area contributed by atoms with E-state index in [-0.39, 0.29) is 6.10 Å². The third-order valence-corrected chi connectivity index (χ3v) is 2.61. The van der Waals surface area contributed by atoms with Crippen LogP contribution in [-0.2, 0) is 13.1 Å². The topological polar surface area (TPSA) is 47.3 Å². The maximum atomic E-state index is 5.60. The van der Waals surface area contributed by atoms with Crippen LogP contribution < -0.4 is 10.1 Å². The van der Waals surface area contributed by atoms with E-state index in [2.05, 4.69) is 22.6 Å². The highest BCUT2D eigenvalue weighted by molar-refractivity contribution is 5.27. The summed E-state index contributed by atoms with van der Waals surface area (Å²) in [6.07, 6.45) is 0.208. The Hall–Kier alpha value is -1.81. The maximum Gasteiger partial charge on any atom is 0.133 e. The molecule has 0 aliphatic carbocycles. The summed E-state index contributed by atoms with van der Waals surface area (Å²) in [6, 6.07) is 10.1. The quantitative estimate of drug-likeness (QED) is 0.867. The molecule has 0 atom stereocenters. The molecule has 102 valence electrons. The number of ether oxygens (including phenoxy) is 1. The van der Waals surface area contributed by atoms with Gasteiger partial charge >= 0.3 is 0 Å². The Morgan fingerprint density at radius 3 is 2.53 bits per heavy atom. The number of benzene rings is 1. The summed E-state index contributed by atoms with van der Waals surface area (Å²) in [7, 11) is 0. The summed E-state index contributed by atoms with van der Waals surface area (Å²) in [5, 5.41) is 7.26. The van der Waals surface area contributed by atoms with Crippen molar-refractivity contribution in [2.75, 3.05) is 0 Å². The molecule has 2 rings (SSSR count). The lowest BCUT2D eigenvalue weighted by molar-refractivity contribution is 0.242. The first-order valence-electron chi connectivity index (χ1n) is 6.52. The van der Waals surface area contributed by atoms with Crippen LogP contribution in [0, 0.1) is 6.92 Å². The second kappa shape index (κ2) is 6.38. The first-order chi connectivity index (χ1) is 9.13. The van der Waals surface area contributed by atoms with Crippen molar-refractivity contribution < 1.29 is 9.26 Å². The molecule has 1 aromatic heterocycles. The van der Waals surface area contributed by atoms with Crippen LogP contribution in [-0.4, -0.2) is 11.3 Å². The molecule has 0 saturated carbocycles. The predicted octanol–water partition coefficient (Wildman–Crippen LogP) is 3.06. The van der Waals surface area contributed by atoms with E-state index in [0.29, 0.717) is 6.54 Å². The number of aryl methyl sites for hydroxylation is 1. The molecule has 1 aromatic carbocycles. The minimum Gasteiger partial charge on any atom is -0.491 e. The zero-order chi connectivity index (χ0) is 13.7. The van der Waals surface area contributed by atoms with Gasteiger partial charge in [0.25, 0.3) is 0 Å². The van der Waals surface area contributed by atoms with Crippen molar-refractivity contribution in [3.8, 4) is 5.75 Å². The molecule has 1 N–H and O–H groups in total. The average Bonchev–Trinajstić information content (AvgIpc) is 2.77. The molecule has 0 aliphatic rings. The van der Waals surface area contributed by atoms with Crippen molar-refractivity contribution in [2.24, 2.45) is 0 Å². The number of rotatable bonds is 6. The van der Waals surface area contributed by atoms with Crippen LogP contribution >= 0.6 is 0 Å². The van der Waals surface area contributed by atoms with Crippen molar-refractivity contribution in [1.29, 1.82) is 0 Å². The predicted molar refractivity (Wildman–Crippen MR) is 74.0 cm³/mol. The molecule has 0 aliphatic heterocycles. The number of nitrogens with zero attached hydrogens (tertiary/aromatic N) is 1. The van der Waals surface area contributed by atoms with E-state index in [9.17, 15) is 0 Å². The molecule has 0 radical (unpaired) electrons. The summed E-state index contributed by atoms with van der Waals surface area (Å²) in [5.41, 5.74) is 2.15. The van der Waals surface area contributed by atoms with Gasteiger partial charge in [-0.15, -0.1) is 0 Å². The fourth-order valence-electron chi connectivity index (χ4n) is 1.79. The molecule has 19 heavy (non-hydrogen) atoms. The van der Waals surface area contributed by atoms with E-state index in [1.807, 2.05) is 39.0 Å². The molecule has 0 amide bonds. The van der Waals surface area contributed by atoms with Crippen molar-refractivity contribution in [3.05, 3.63) is 47.3 Å². The average molecular weight is 260 g/mol. The smallest absolute Gasteiger partial charge is 0.133 e. The van der Waals surface area contributed by atoms with Gasteiger partial charge in [0, 0.05) is 19.2 Å². The van der Waals surface area contributed by atoms with E-state index < -0.39 is 0 Å². The van der Waals surface area contributed by atoms with Gasteiger partial charge in [0.15, 0.2) is 0 Å². The molecule has 2 aromatic rings. The normalized spacial score (nSPS) is 10.9. The van der Waals surface area contributed by atoms with Gasteiger partial charge < -0.3 is 14.6 Å². The van der Waals surface area contributed by atoms with E-state index in [4.69, 9.17) is 9.26 Å². The Kier molecular flexibility index (Phi) is 4.58. The standard InChI is InChI=1S/C15H20N2O2/c1-11(2)18-15-6-4-13(5-7-15)9-16-10-14-8-12(3)19-17-14/h4-8,11,16H,9-10H2,1-3H3. The second-order valence-electron chi connectivity index (χ2n) is 4.84. The van der Waals surface area contributed by atoms with Gasteiger partial charge in [0.05, 0.1) is 11.8 Å². The van der Waals surface area contributed by atoms with E-state index in [0.717, 1.165) is 23.7 Å². The summed E-state index contributed by atoms with van der Waals surface area (Å²) in [5.74, 6) is 1.75. The van der Waals surface area contributed by atoms with Crippen LogP contribution in [0.15, 0.2) is 34.9 Å². The minimum absolute atomic E-state index is 0.208. The fourth-order valence-corrected chi connectivity index (χ4v) is 1.79. The zero-order valence-corrected chi connectivity index (χ0v) is 11.6. The molecule has 0 saturated heterocycles. The molecule has 0 unspecified atom stereocenters. The Morgan fingerprint density at radius 2 is 1.95 bits per heavy atom. The molecular formula is C15H20N2O2. The highest BCUT2D eigenvalue weighted by atomic mass is 16.5. The summed E-state index contributed by atoms with van der Waals surface area (Å²) < 4.78 is 10.6. The molecular weight excluding hydrogens is 240 g/mol. The van der Waals surface area contributed by atoms with Gasteiger partial charge in [-0.05, 0) is 38.5 Å². The summed E-state index contributed by atoms with van der Waals surface area (Å²) in [4.78, 5) is 0. The Bertz CT molecular complexity index is 503. The first-order valence-corrected chi connectivity index (χ1v) is 6.52. The number of hydrogen-bond acceptors (Lipinski definition) is 4. The van der Waals surface area contributed by atoms with Gasteiger partial charge in [-0.1, -0.05) is 17.3 Å². The van der Waals surface area contributed by atoms with Gasteiger partial charge in [0.1, 0.15) is 11.5 Å². The van der Waals surface area contributed by atoms with Crippen molar-refractivity contribution >= 4 is 0 Å². The summed E-state index contributed by atoms with van der Waals surface area (Å²) >= 11 is 0. The molecule has 1 heterocycles. The molecule has 0 bridgehead atoms. The fraction of sp³-hybridized carbons (Fsp3) is 0.400. The maximum absolute atomic E-state index is 5.60. The molecule has 4 heteroatoms. The number of hydrogen-bond donors (Lipinski definition) is 1. The van der Waals surface area contributed by atoms with Crippen LogP contribution in [0.5, 0.6) is 5.75 Å². The second-order valence-corrected chi connectivity index (χ2v) is 4.84. The monoisotopic (exact) mass is 260 g/mol. The van der Waals surface area contributed by atoms with Crippen LogP contribution in [0.2, 0.25) is 0 Å². The van der Waals surface area contributed by atoms with Gasteiger partial charge in [0.2, 0.25) is 0 Å². The Labute approximate surface area is 113 Å². The van der Waals surface area contributed by atoms with Crippen LogP contribution in [0.3, 0.4) is 0 Å². The lowest BCUT2D eigenvalue weighted by Gasteiger charge is -2.10. The van der Waals surface area contributed by atoms with E-state index >= 15 is 0 Å². The SMILES string of the molecule is Cc1cc(CNCc2ccc(OC(C)C)cc2)no1. The van der Waals surface area contributed by atoms with Crippen LogP contribution in [0.4, 0.5) is 0 Å². The first kappa shape index (κ1) is 13.6. The van der Waals surface area contributed by atoms with Crippen molar-refractivity contribution in [2.45, 2.75) is 40.0 Å². The zero-order valence-electron chi connectivity index (χ0n) is 11.6. The summed E-state index contributed by atoms with van der Waals surface area (Å²) in [6.45, 7) is 7.45. The molecule has 0 spiro atoms. The lowest BCUT2D eigenvalue weighted by Crippen LogP contribution is -2.13. The molecule has 4 nitrogen and oxygen atoms in total. The van der Waals surface area contributed by atoms with Gasteiger partial charge in [-0.2, -0.15) is 0 Å². The number of nitrogens with one attached hydrogen (secondary N) is 1. The van der Waals surface area contributed by atoms with Crippen LogP contribution in [0.1, 0.15) is 30.9 Å². The number of aromatic nitrogens is 1. The largest absolute Gasteiger partial charge is 0.491 e. The minimum atomic E-state index is 0.208. The van der Waals surface area contributed by atoms with Crippen molar-refractivity contribution in [1.82, 2.24) is 10.5 Å². The Morgan fingerprint density at radius 1 is 1.21 bits per heavy atom. The van der Waals surface area contributed by atoms with Gasteiger partial charge in [-0.3, -0.25) is 0 Å². The third-order valence-electron chi connectivity index (χ3n) is 2.61.